The lowest BCUT2D eigenvalue weighted by molar-refractivity contribution is -0.137. The molecule has 0 unspecified atom stereocenters. The van der Waals surface area contributed by atoms with Crippen molar-refractivity contribution in [2.24, 2.45) is 0 Å². The fourth-order valence-corrected chi connectivity index (χ4v) is 3.13. The van der Waals surface area contributed by atoms with E-state index in [4.69, 9.17) is 0 Å². The van der Waals surface area contributed by atoms with Crippen molar-refractivity contribution in [1.82, 2.24) is 9.78 Å². The minimum Gasteiger partial charge on any atom is -0.280 e. The molecule has 9 heteroatoms. The SMILES string of the molecule is CCn1cc(S(=O)(=O)Nc2cccc(C(F)(F)F)c2)c(C)n1. The predicted octanol–water partition coefficient (Wildman–Crippen LogP) is 3.03. The lowest BCUT2D eigenvalue weighted by Crippen LogP contribution is -2.14. The Balaban J connectivity index is 2.35. The highest BCUT2D eigenvalue weighted by atomic mass is 32.2. The minimum atomic E-state index is -4.54. The number of anilines is 1. The van der Waals surface area contributed by atoms with Gasteiger partial charge in [-0.3, -0.25) is 9.40 Å². The van der Waals surface area contributed by atoms with Crippen LogP contribution in [-0.2, 0) is 22.7 Å². The predicted molar refractivity (Wildman–Crippen MR) is 74.9 cm³/mol. The van der Waals surface area contributed by atoms with Gasteiger partial charge in [-0.25, -0.2) is 8.42 Å². The molecule has 0 aliphatic rings. The number of benzene rings is 1. The van der Waals surface area contributed by atoms with Crippen molar-refractivity contribution in [2.45, 2.75) is 31.5 Å². The van der Waals surface area contributed by atoms with E-state index in [1.807, 2.05) is 0 Å². The smallest absolute Gasteiger partial charge is 0.280 e. The molecule has 1 aromatic heterocycles. The van der Waals surface area contributed by atoms with Gasteiger partial charge in [-0.1, -0.05) is 6.07 Å². The molecule has 0 atom stereocenters. The van der Waals surface area contributed by atoms with Crippen molar-refractivity contribution >= 4 is 15.7 Å². The number of nitrogens with one attached hydrogen (secondary N) is 1. The van der Waals surface area contributed by atoms with Crippen LogP contribution in [0.2, 0.25) is 0 Å². The van der Waals surface area contributed by atoms with E-state index in [0.717, 1.165) is 18.2 Å². The normalized spacial score (nSPS) is 12.4. The Labute approximate surface area is 125 Å². The summed E-state index contributed by atoms with van der Waals surface area (Å²) in [5.41, 5.74) is -0.798. The zero-order valence-electron chi connectivity index (χ0n) is 11.8. The van der Waals surface area contributed by atoms with Gasteiger partial charge in [0, 0.05) is 18.4 Å². The molecule has 0 spiro atoms. The zero-order chi connectivity index (χ0) is 16.5. The first kappa shape index (κ1) is 16.3. The van der Waals surface area contributed by atoms with Crippen molar-refractivity contribution < 1.29 is 21.6 Å². The second-order valence-corrected chi connectivity index (χ2v) is 6.27. The maximum Gasteiger partial charge on any atom is 0.416 e. The molecule has 0 fully saturated rings. The Morgan fingerprint density at radius 3 is 2.55 bits per heavy atom. The molecular formula is C13H14F3N3O2S. The van der Waals surface area contributed by atoms with Crippen molar-refractivity contribution in [3.8, 4) is 0 Å². The van der Waals surface area contributed by atoms with Gasteiger partial charge in [-0.05, 0) is 32.0 Å². The Hall–Kier alpha value is -2.03. The molecule has 0 bridgehead atoms. The fourth-order valence-electron chi connectivity index (χ4n) is 1.89. The molecule has 0 aliphatic heterocycles. The number of nitrogens with zero attached hydrogens (tertiary/aromatic N) is 2. The van der Waals surface area contributed by atoms with Crippen LogP contribution in [0.4, 0.5) is 18.9 Å². The van der Waals surface area contributed by atoms with Crippen LogP contribution in [0.3, 0.4) is 0 Å². The van der Waals surface area contributed by atoms with E-state index < -0.39 is 21.8 Å². The molecule has 0 aliphatic carbocycles. The van der Waals surface area contributed by atoms with Crippen LogP contribution >= 0.6 is 0 Å². The van der Waals surface area contributed by atoms with Crippen LogP contribution in [0.25, 0.3) is 0 Å². The van der Waals surface area contributed by atoms with Crippen LogP contribution in [-0.4, -0.2) is 18.2 Å². The summed E-state index contributed by atoms with van der Waals surface area (Å²) in [5.74, 6) is 0. The lowest BCUT2D eigenvalue weighted by atomic mass is 10.2. The van der Waals surface area contributed by atoms with E-state index in [0.29, 0.717) is 6.54 Å². The molecular weight excluding hydrogens is 319 g/mol. The van der Waals surface area contributed by atoms with Gasteiger partial charge in [0.05, 0.1) is 11.3 Å². The van der Waals surface area contributed by atoms with Gasteiger partial charge in [0.15, 0.2) is 0 Å². The summed E-state index contributed by atoms with van der Waals surface area (Å²) in [6.07, 6.45) is -3.20. The van der Waals surface area contributed by atoms with Gasteiger partial charge in [0.1, 0.15) is 4.90 Å². The van der Waals surface area contributed by atoms with E-state index in [1.165, 1.54) is 23.9 Å². The first-order chi connectivity index (χ1) is 10.1. The van der Waals surface area contributed by atoms with E-state index in [-0.39, 0.29) is 16.3 Å². The average molecular weight is 333 g/mol. The Morgan fingerprint density at radius 1 is 1.32 bits per heavy atom. The maximum atomic E-state index is 12.6. The molecule has 1 N–H and O–H groups in total. The summed E-state index contributed by atoms with van der Waals surface area (Å²) < 4.78 is 66.1. The largest absolute Gasteiger partial charge is 0.416 e. The van der Waals surface area contributed by atoms with Crippen LogP contribution in [0, 0.1) is 6.92 Å². The average Bonchev–Trinajstić information content (AvgIpc) is 2.80. The maximum absolute atomic E-state index is 12.6. The Bertz CT molecular complexity index is 782. The third-order valence-corrected chi connectivity index (χ3v) is 4.44. The van der Waals surface area contributed by atoms with Gasteiger partial charge in [-0.2, -0.15) is 18.3 Å². The molecule has 0 amide bonds. The summed E-state index contributed by atoms with van der Waals surface area (Å²) >= 11 is 0. The standard InChI is InChI=1S/C13H14F3N3O2S/c1-3-19-8-12(9(2)17-19)22(20,21)18-11-6-4-5-10(7-11)13(14,15)16/h4-8,18H,3H2,1-2H3. The molecule has 120 valence electrons. The highest BCUT2D eigenvalue weighted by molar-refractivity contribution is 7.92. The highest BCUT2D eigenvalue weighted by Gasteiger charge is 2.31. The number of alkyl halides is 3. The number of aromatic nitrogens is 2. The van der Waals surface area contributed by atoms with Crippen molar-refractivity contribution in [2.75, 3.05) is 4.72 Å². The van der Waals surface area contributed by atoms with Crippen LogP contribution in [0.15, 0.2) is 35.4 Å². The summed E-state index contributed by atoms with van der Waals surface area (Å²) in [5, 5.41) is 4.01. The van der Waals surface area contributed by atoms with E-state index in [9.17, 15) is 21.6 Å². The number of halogens is 3. The summed E-state index contributed by atoms with van der Waals surface area (Å²) in [7, 11) is -4.00. The summed E-state index contributed by atoms with van der Waals surface area (Å²) in [6, 6.07) is 4.02. The molecule has 0 saturated heterocycles. The first-order valence-corrected chi connectivity index (χ1v) is 7.86. The van der Waals surface area contributed by atoms with Crippen molar-refractivity contribution in [3.05, 3.63) is 41.7 Å². The second-order valence-electron chi connectivity index (χ2n) is 4.62. The monoisotopic (exact) mass is 333 g/mol. The van der Waals surface area contributed by atoms with Gasteiger partial charge < -0.3 is 0 Å². The topological polar surface area (TPSA) is 64.0 Å². The number of hydrogen-bond donors (Lipinski definition) is 1. The molecule has 0 radical (unpaired) electrons. The molecule has 2 rings (SSSR count). The van der Waals surface area contributed by atoms with Crippen molar-refractivity contribution in [1.29, 1.82) is 0 Å². The van der Waals surface area contributed by atoms with Gasteiger partial charge >= 0.3 is 6.18 Å². The van der Waals surface area contributed by atoms with E-state index in [1.54, 1.807) is 6.92 Å². The molecule has 1 aromatic carbocycles. The second kappa shape index (κ2) is 5.64. The van der Waals surface area contributed by atoms with Gasteiger partial charge in [-0.15, -0.1) is 0 Å². The molecule has 1 heterocycles. The summed E-state index contributed by atoms with van der Waals surface area (Å²) in [6.45, 7) is 3.80. The molecule has 22 heavy (non-hydrogen) atoms. The number of rotatable bonds is 4. The van der Waals surface area contributed by atoms with E-state index in [2.05, 4.69) is 9.82 Å². The van der Waals surface area contributed by atoms with Crippen molar-refractivity contribution in [3.63, 3.8) is 0 Å². The lowest BCUT2D eigenvalue weighted by Gasteiger charge is -2.10. The van der Waals surface area contributed by atoms with Gasteiger partial charge in [0.25, 0.3) is 10.0 Å². The Morgan fingerprint density at radius 2 is 2.00 bits per heavy atom. The minimum absolute atomic E-state index is 0.0632. The third-order valence-electron chi connectivity index (χ3n) is 2.96. The first-order valence-electron chi connectivity index (χ1n) is 6.37. The zero-order valence-corrected chi connectivity index (χ0v) is 12.7. The van der Waals surface area contributed by atoms with Gasteiger partial charge in [0.2, 0.25) is 0 Å². The highest BCUT2D eigenvalue weighted by Crippen LogP contribution is 2.31. The summed E-state index contributed by atoms with van der Waals surface area (Å²) in [4.78, 5) is -0.0632. The molecule has 0 saturated carbocycles. The number of hydrogen-bond acceptors (Lipinski definition) is 3. The number of aryl methyl sites for hydroxylation is 2. The van der Waals surface area contributed by atoms with Crippen LogP contribution < -0.4 is 4.72 Å². The third kappa shape index (κ3) is 3.41. The van der Waals surface area contributed by atoms with E-state index >= 15 is 0 Å². The van der Waals surface area contributed by atoms with Crippen LogP contribution in [0.5, 0.6) is 0 Å². The molecule has 2 aromatic rings. The number of sulfonamides is 1. The van der Waals surface area contributed by atoms with Crippen LogP contribution in [0.1, 0.15) is 18.2 Å². The molecule has 5 nitrogen and oxygen atoms in total. The Kier molecular flexibility index (Phi) is 4.19. The fraction of sp³-hybridized carbons (Fsp3) is 0.308. The quantitative estimate of drug-likeness (QED) is 0.935.